The first-order chi connectivity index (χ1) is 11.5. The molecule has 0 spiro atoms. The lowest BCUT2D eigenvalue weighted by Crippen LogP contribution is -2.34. The minimum Gasteiger partial charge on any atom is -0.370 e. The Labute approximate surface area is 139 Å². The number of nitrogens with zero attached hydrogens (tertiary/aromatic N) is 2. The van der Waals surface area contributed by atoms with Gasteiger partial charge in [0.2, 0.25) is 0 Å². The number of hydrogen-bond donors (Lipinski definition) is 1. The van der Waals surface area contributed by atoms with Crippen LogP contribution in [0.4, 0.5) is 20.2 Å². The average Bonchev–Trinajstić information content (AvgIpc) is 2.57. The van der Waals surface area contributed by atoms with E-state index in [9.17, 15) is 13.6 Å². The van der Waals surface area contributed by atoms with Crippen LogP contribution in [0.1, 0.15) is 30.3 Å². The van der Waals surface area contributed by atoms with Gasteiger partial charge < -0.3 is 10.2 Å². The first-order valence-corrected chi connectivity index (χ1v) is 8.00. The van der Waals surface area contributed by atoms with E-state index in [-0.39, 0.29) is 11.4 Å². The monoisotopic (exact) mass is 331 g/mol. The van der Waals surface area contributed by atoms with Gasteiger partial charge in [-0.05, 0) is 43.0 Å². The number of nitrogens with one attached hydrogen (secondary N) is 1. The normalized spacial score (nSPS) is 17.6. The highest BCUT2D eigenvalue weighted by molar-refractivity contribution is 6.03. The zero-order valence-corrected chi connectivity index (χ0v) is 13.4. The van der Waals surface area contributed by atoms with Gasteiger partial charge in [-0.2, -0.15) is 0 Å². The molecule has 2 aromatic rings. The molecule has 24 heavy (non-hydrogen) atoms. The van der Waals surface area contributed by atoms with Crippen LogP contribution in [0.25, 0.3) is 0 Å². The molecule has 0 bridgehead atoms. The van der Waals surface area contributed by atoms with Gasteiger partial charge in [-0.1, -0.05) is 6.92 Å². The van der Waals surface area contributed by atoms with Crippen LogP contribution in [-0.4, -0.2) is 24.0 Å². The Morgan fingerprint density at radius 1 is 1.29 bits per heavy atom. The van der Waals surface area contributed by atoms with Crippen molar-refractivity contribution in [3.63, 3.8) is 0 Å². The second-order valence-electron chi connectivity index (χ2n) is 6.17. The summed E-state index contributed by atoms with van der Waals surface area (Å²) in [5.41, 5.74) is 1.09. The fraction of sp³-hybridized carbons (Fsp3) is 0.333. The predicted octanol–water partition coefficient (Wildman–Crippen LogP) is 3.85. The third-order valence-corrected chi connectivity index (χ3v) is 4.18. The van der Waals surface area contributed by atoms with E-state index >= 15 is 0 Å². The summed E-state index contributed by atoms with van der Waals surface area (Å²) in [7, 11) is 0. The van der Waals surface area contributed by atoms with Crippen LogP contribution < -0.4 is 10.2 Å². The smallest absolute Gasteiger partial charge is 0.274 e. The summed E-state index contributed by atoms with van der Waals surface area (Å²) in [5.74, 6) is -1.40. The topological polar surface area (TPSA) is 45.2 Å². The number of carbonyl (C=O) groups excluding carboxylic acids is 1. The number of hydrogen-bond acceptors (Lipinski definition) is 3. The first-order valence-electron chi connectivity index (χ1n) is 8.00. The van der Waals surface area contributed by atoms with Crippen LogP contribution >= 0.6 is 0 Å². The molecule has 1 amide bonds. The first kappa shape index (κ1) is 16.4. The number of aromatic nitrogens is 1. The highest BCUT2D eigenvalue weighted by atomic mass is 19.1. The zero-order valence-electron chi connectivity index (χ0n) is 13.4. The van der Waals surface area contributed by atoms with Crippen molar-refractivity contribution in [3.05, 3.63) is 53.9 Å². The summed E-state index contributed by atoms with van der Waals surface area (Å²) in [6, 6.07) is 6.47. The fourth-order valence-corrected chi connectivity index (χ4v) is 2.91. The molecule has 1 fully saturated rings. The largest absolute Gasteiger partial charge is 0.370 e. The molecule has 1 aromatic heterocycles. The van der Waals surface area contributed by atoms with Crippen molar-refractivity contribution in [3.8, 4) is 0 Å². The van der Waals surface area contributed by atoms with E-state index < -0.39 is 17.5 Å². The Kier molecular flexibility index (Phi) is 4.74. The van der Waals surface area contributed by atoms with Crippen LogP contribution in [-0.2, 0) is 0 Å². The zero-order chi connectivity index (χ0) is 17.1. The fourth-order valence-electron chi connectivity index (χ4n) is 2.91. The van der Waals surface area contributed by atoms with Gasteiger partial charge in [-0.3, -0.25) is 4.79 Å². The second kappa shape index (κ2) is 6.95. The van der Waals surface area contributed by atoms with Crippen LogP contribution in [0.2, 0.25) is 0 Å². The maximum Gasteiger partial charge on any atom is 0.274 e. The van der Waals surface area contributed by atoms with Crippen molar-refractivity contribution in [2.75, 3.05) is 23.3 Å². The van der Waals surface area contributed by atoms with Gasteiger partial charge in [-0.25, -0.2) is 13.8 Å². The van der Waals surface area contributed by atoms with Crippen molar-refractivity contribution in [2.24, 2.45) is 5.92 Å². The van der Waals surface area contributed by atoms with Crippen LogP contribution in [0.3, 0.4) is 0 Å². The van der Waals surface area contributed by atoms with Gasteiger partial charge in [-0.15, -0.1) is 0 Å². The summed E-state index contributed by atoms with van der Waals surface area (Å²) in [5, 5.41) is 2.40. The predicted molar refractivity (Wildman–Crippen MR) is 89.2 cm³/mol. The Morgan fingerprint density at radius 3 is 2.79 bits per heavy atom. The molecule has 0 saturated carbocycles. The summed E-state index contributed by atoms with van der Waals surface area (Å²) >= 11 is 0. The van der Waals surface area contributed by atoms with E-state index in [0.717, 1.165) is 37.3 Å². The molecule has 1 N–H and O–H groups in total. The molecule has 1 aliphatic rings. The molecule has 4 nitrogen and oxygen atoms in total. The van der Waals surface area contributed by atoms with Gasteiger partial charge in [0.25, 0.3) is 5.91 Å². The van der Waals surface area contributed by atoms with Gasteiger partial charge >= 0.3 is 0 Å². The number of anilines is 2. The summed E-state index contributed by atoms with van der Waals surface area (Å²) < 4.78 is 26.5. The number of carbonyl (C=O) groups is 1. The number of amides is 1. The molecule has 1 unspecified atom stereocenters. The van der Waals surface area contributed by atoms with Crippen molar-refractivity contribution >= 4 is 17.3 Å². The standard InChI is InChI=1S/C18H19F2N3O/c1-12-3-2-8-23(11-12)14-5-7-17(21-10-14)18(24)22-16-6-4-13(19)9-15(16)20/h4-7,9-10,12H,2-3,8,11H2,1H3,(H,22,24). The summed E-state index contributed by atoms with van der Waals surface area (Å²) in [6.07, 6.45) is 4.04. The third-order valence-electron chi connectivity index (χ3n) is 4.18. The number of halogens is 2. The van der Waals surface area contributed by atoms with Gasteiger partial charge in [0.15, 0.2) is 0 Å². The lowest BCUT2D eigenvalue weighted by Gasteiger charge is -2.32. The molecular weight excluding hydrogens is 312 g/mol. The molecule has 2 heterocycles. The Morgan fingerprint density at radius 2 is 2.12 bits per heavy atom. The molecule has 0 aliphatic carbocycles. The number of rotatable bonds is 3. The highest BCUT2D eigenvalue weighted by Gasteiger charge is 2.17. The molecule has 3 rings (SSSR count). The van der Waals surface area contributed by atoms with E-state index in [1.54, 1.807) is 12.3 Å². The van der Waals surface area contributed by atoms with Crippen molar-refractivity contribution in [2.45, 2.75) is 19.8 Å². The minimum atomic E-state index is -0.817. The molecule has 1 atom stereocenters. The third kappa shape index (κ3) is 3.69. The van der Waals surface area contributed by atoms with E-state index in [0.29, 0.717) is 5.92 Å². The van der Waals surface area contributed by atoms with Crippen molar-refractivity contribution in [1.82, 2.24) is 4.98 Å². The van der Waals surface area contributed by atoms with E-state index in [4.69, 9.17) is 0 Å². The Hall–Kier alpha value is -2.50. The van der Waals surface area contributed by atoms with Gasteiger partial charge in [0.1, 0.15) is 17.3 Å². The lowest BCUT2D eigenvalue weighted by molar-refractivity contribution is 0.102. The SMILES string of the molecule is CC1CCCN(c2ccc(C(=O)Nc3ccc(F)cc3F)nc2)C1. The molecular formula is C18H19F2N3O. The van der Waals surface area contributed by atoms with E-state index in [1.165, 1.54) is 12.5 Å². The van der Waals surface area contributed by atoms with E-state index in [2.05, 4.69) is 22.1 Å². The number of pyridine rings is 1. The average molecular weight is 331 g/mol. The number of piperidine rings is 1. The van der Waals surface area contributed by atoms with Gasteiger partial charge in [0.05, 0.1) is 17.6 Å². The van der Waals surface area contributed by atoms with E-state index in [1.807, 2.05) is 6.07 Å². The maximum absolute atomic E-state index is 13.6. The summed E-state index contributed by atoms with van der Waals surface area (Å²) in [4.78, 5) is 18.6. The summed E-state index contributed by atoms with van der Waals surface area (Å²) in [6.45, 7) is 4.19. The molecule has 1 aliphatic heterocycles. The quantitative estimate of drug-likeness (QED) is 0.929. The number of benzene rings is 1. The second-order valence-corrected chi connectivity index (χ2v) is 6.17. The maximum atomic E-state index is 13.6. The Balaban J connectivity index is 1.69. The highest BCUT2D eigenvalue weighted by Crippen LogP contribution is 2.22. The Bertz CT molecular complexity index is 734. The van der Waals surface area contributed by atoms with Crippen molar-refractivity contribution in [1.29, 1.82) is 0 Å². The molecule has 1 saturated heterocycles. The molecule has 1 aromatic carbocycles. The van der Waals surface area contributed by atoms with Crippen LogP contribution in [0.15, 0.2) is 36.5 Å². The minimum absolute atomic E-state index is 0.0721. The van der Waals surface area contributed by atoms with Gasteiger partial charge in [0, 0.05) is 19.2 Å². The molecule has 0 radical (unpaired) electrons. The molecule has 6 heteroatoms. The lowest BCUT2D eigenvalue weighted by atomic mass is 10.00. The van der Waals surface area contributed by atoms with Crippen LogP contribution in [0.5, 0.6) is 0 Å². The molecule has 126 valence electrons. The van der Waals surface area contributed by atoms with Crippen LogP contribution in [0, 0.1) is 17.6 Å². The van der Waals surface area contributed by atoms with Crippen molar-refractivity contribution < 1.29 is 13.6 Å².